The number of amides is 1. The van der Waals surface area contributed by atoms with Crippen LogP contribution < -0.4 is 20.1 Å². The number of ether oxygens (including phenoxy) is 2. The molecule has 28 heavy (non-hydrogen) atoms. The molecule has 1 amide bonds. The van der Waals surface area contributed by atoms with Gasteiger partial charge in [-0.2, -0.15) is 0 Å². The van der Waals surface area contributed by atoms with E-state index in [-0.39, 0.29) is 12.0 Å². The number of fused-ring (bicyclic) bond motifs is 4. The van der Waals surface area contributed by atoms with E-state index in [2.05, 4.69) is 46.1 Å². The van der Waals surface area contributed by atoms with Crippen LogP contribution in [0.3, 0.4) is 0 Å². The Morgan fingerprint density at radius 3 is 3.07 bits per heavy atom. The molecule has 2 aliphatic rings. The van der Waals surface area contributed by atoms with E-state index in [4.69, 9.17) is 9.47 Å². The summed E-state index contributed by atoms with van der Waals surface area (Å²) in [5.74, 6) is 1.45. The second-order valence-corrected chi connectivity index (χ2v) is 7.36. The number of aromatic nitrogens is 1. The minimum atomic E-state index is -0.0530. The van der Waals surface area contributed by atoms with Crippen LogP contribution in [0.5, 0.6) is 11.5 Å². The third-order valence-corrected chi connectivity index (χ3v) is 5.39. The zero-order valence-corrected chi connectivity index (χ0v) is 15.6. The molecule has 0 spiro atoms. The van der Waals surface area contributed by atoms with Gasteiger partial charge in [0.05, 0.1) is 6.42 Å². The third kappa shape index (κ3) is 3.20. The van der Waals surface area contributed by atoms with Crippen molar-refractivity contribution in [1.82, 2.24) is 10.3 Å². The second kappa shape index (κ2) is 7.20. The van der Waals surface area contributed by atoms with E-state index in [1.807, 2.05) is 12.1 Å². The number of anilines is 1. The largest absolute Gasteiger partial charge is 0.486 e. The Kier molecular flexibility index (Phi) is 4.41. The summed E-state index contributed by atoms with van der Waals surface area (Å²) in [6.07, 6.45) is 4.49. The number of rotatable bonds is 6. The lowest BCUT2D eigenvalue weighted by molar-refractivity contribution is -0.115. The Balaban J connectivity index is 1.13. The Morgan fingerprint density at radius 2 is 2.11 bits per heavy atom. The Morgan fingerprint density at radius 1 is 1.18 bits per heavy atom. The van der Waals surface area contributed by atoms with Gasteiger partial charge >= 0.3 is 0 Å². The molecular formula is C22H23N3O3. The van der Waals surface area contributed by atoms with Crippen molar-refractivity contribution in [1.29, 1.82) is 0 Å². The summed E-state index contributed by atoms with van der Waals surface area (Å²) in [7, 11) is 0. The van der Waals surface area contributed by atoms with Crippen molar-refractivity contribution in [3.8, 4) is 11.5 Å². The molecule has 3 aromatic rings. The van der Waals surface area contributed by atoms with E-state index in [1.165, 1.54) is 16.5 Å². The zero-order valence-electron chi connectivity index (χ0n) is 15.6. The van der Waals surface area contributed by atoms with Crippen molar-refractivity contribution in [3.63, 3.8) is 0 Å². The van der Waals surface area contributed by atoms with Gasteiger partial charge in [-0.1, -0.05) is 18.2 Å². The summed E-state index contributed by atoms with van der Waals surface area (Å²) in [5.41, 5.74) is 4.29. The van der Waals surface area contributed by atoms with Gasteiger partial charge in [-0.05, 0) is 43.1 Å². The summed E-state index contributed by atoms with van der Waals surface area (Å²) in [6, 6.07) is 12.1. The van der Waals surface area contributed by atoms with Crippen molar-refractivity contribution in [2.75, 3.05) is 25.0 Å². The van der Waals surface area contributed by atoms with Crippen LogP contribution in [0.4, 0.5) is 5.69 Å². The molecule has 0 saturated carbocycles. The maximum Gasteiger partial charge on any atom is 0.229 e. The molecule has 1 aromatic heterocycles. The highest BCUT2D eigenvalue weighted by atomic mass is 16.6. The van der Waals surface area contributed by atoms with E-state index in [1.54, 1.807) is 0 Å². The van der Waals surface area contributed by atoms with Gasteiger partial charge in [0.2, 0.25) is 5.91 Å². The molecule has 2 aromatic carbocycles. The average molecular weight is 377 g/mol. The fourth-order valence-corrected chi connectivity index (χ4v) is 3.99. The van der Waals surface area contributed by atoms with E-state index in [0.29, 0.717) is 18.8 Å². The number of para-hydroxylation sites is 1. The van der Waals surface area contributed by atoms with Crippen LogP contribution in [0.2, 0.25) is 0 Å². The minimum absolute atomic E-state index is 0.00419. The quantitative estimate of drug-likeness (QED) is 0.577. The first-order valence-corrected chi connectivity index (χ1v) is 9.79. The number of carbonyl (C=O) groups is 1. The number of hydrogen-bond acceptors (Lipinski definition) is 4. The average Bonchev–Trinajstić information content (AvgIpc) is 3.30. The predicted molar refractivity (Wildman–Crippen MR) is 108 cm³/mol. The topological polar surface area (TPSA) is 75.4 Å². The molecule has 6 nitrogen and oxygen atoms in total. The summed E-state index contributed by atoms with van der Waals surface area (Å²) in [4.78, 5) is 15.0. The normalized spacial score (nSPS) is 17.6. The van der Waals surface area contributed by atoms with Crippen molar-refractivity contribution < 1.29 is 14.3 Å². The van der Waals surface area contributed by atoms with Crippen LogP contribution >= 0.6 is 0 Å². The molecule has 0 fully saturated rings. The van der Waals surface area contributed by atoms with Gasteiger partial charge < -0.3 is 25.1 Å². The standard InChI is InChI=1S/C22H23N3O3/c26-21-10-17-19(25-21)7-8-20-22(17)28-15(13-27-20)12-23-9-3-4-14-11-24-18-6-2-1-5-16(14)18/h1-2,5-8,11,15,23-24H,3-4,9-10,12-13H2,(H,25,26). The van der Waals surface area contributed by atoms with Gasteiger partial charge in [-0.15, -0.1) is 0 Å². The van der Waals surface area contributed by atoms with Crippen LogP contribution in [0.25, 0.3) is 10.9 Å². The van der Waals surface area contributed by atoms with Crippen LogP contribution in [0, 0.1) is 0 Å². The van der Waals surface area contributed by atoms with Gasteiger partial charge in [0.1, 0.15) is 12.7 Å². The number of nitrogens with one attached hydrogen (secondary N) is 3. The molecule has 1 atom stereocenters. The Hall–Kier alpha value is -2.99. The molecule has 3 N–H and O–H groups in total. The van der Waals surface area contributed by atoms with Crippen LogP contribution in [0.1, 0.15) is 17.5 Å². The molecule has 3 heterocycles. The van der Waals surface area contributed by atoms with Crippen molar-refractivity contribution in [2.24, 2.45) is 0 Å². The van der Waals surface area contributed by atoms with Gasteiger partial charge in [0, 0.05) is 34.9 Å². The SMILES string of the molecule is O=C1Cc2c(ccc3c2OC(CNCCCc2c[nH]c4ccccc24)CO3)N1. The summed E-state index contributed by atoms with van der Waals surface area (Å²) in [6.45, 7) is 2.15. The van der Waals surface area contributed by atoms with Gasteiger partial charge in [-0.25, -0.2) is 0 Å². The van der Waals surface area contributed by atoms with E-state index in [9.17, 15) is 4.79 Å². The van der Waals surface area contributed by atoms with Gasteiger partial charge in [-0.3, -0.25) is 4.79 Å². The van der Waals surface area contributed by atoms with Crippen molar-refractivity contribution in [2.45, 2.75) is 25.4 Å². The van der Waals surface area contributed by atoms with E-state index >= 15 is 0 Å². The number of aromatic amines is 1. The molecule has 1 unspecified atom stereocenters. The fourth-order valence-electron chi connectivity index (χ4n) is 3.99. The molecule has 2 aliphatic heterocycles. The highest BCUT2D eigenvalue weighted by Gasteiger charge is 2.29. The number of carbonyl (C=O) groups excluding carboxylic acids is 1. The minimum Gasteiger partial charge on any atom is -0.486 e. The van der Waals surface area contributed by atoms with Gasteiger partial charge in [0.25, 0.3) is 0 Å². The smallest absolute Gasteiger partial charge is 0.229 e. The van der Waals surface area contributed by atoms with Gasteiger partial charge in [0.15, 0.2) is 11.5 Å². The first-order chi connectivity index (χ1) is 13.8. The lowest BCUT2D eigenvalue weighted by Crippen LogP contribution is -2.39. The number of aryl methyl sites for hydroxylation is 1. The number of benzene rings is 2. The lowest BCUT2D eigenvalue weighted by Gasteiger charge is -2.28. The second-order valence-electron chi connectivity index (χ2n) is 7.36. The maximum absolute atomic E-state index is 11.7. The molecule has 0 radical (unpaired) electrons. The summed E-state index contributed by atoms with van der Waals surface area (Å²) >= 11 is 0. The first-order valence-electron chi connectivity index (χ1n) is 9.79. The molecule has 0 aliphatic carbocycles. The number of H-pyrrole nitrogens is 1. The molecule has 5 rings (SSSR count). The molecule has 6 heteroatoms. The third-order valence-electron chi connectivity index (χ3n) is 5.39. The zero-order chi connectivity index (χ0) is 18.9. The van der Waals surface area contributed by atoms with Crippen LogP contribution in [-0.2, 0) is 17.6 Å². The molecular weight excluding hydrogens is 354 g/mol. The van der Waals surface area contributed by atoms with E-state index < -0.39 is 0 Å². The number of hydrogen-bond donors (Lipinski definition) is 3. The highest BCUT2D eigenvalue weighted by molar-refractivity contribution is 6.00. The first kappa shape index (κ1) is 17.1. The lowest BCUT2D eigenvalue weighted by atomic mass is 10.1. The van der Waals surface area contributed by atoms with Crippen molar-refractivity contribution in [3.05, 3.63) is 53.7 Å². The molecule has 0 bridgehead atoms. The van der Waals surface area contributed by atoms with E-state index in [0.717, 1.165) is 42.9 Å². The Bertz CT molecular complexity index is 1030. The fraction of sp³-hybridized carbons (Fsp3) is 0.318. The van der Waals surface area contributed by atoms with Crippen molar-refractivity contribution >= 4 is 22.5 Å². The Labute approximate surface area is 163 Å². The van der Waals surface area contributed by atoms with Crippen LogP contribution in [-0.4, -0.2) is 36.7 Å². The highest BCUT2D eigenvalue weighted by Crippen LogP contribution is 2.41. The maximum atomic E-state index is 11.7. The molecule has 0 saturated heterocycles. The monoisotopic (exact) mass is 377 g/mol. The van der Waals surface area contributed by atoms with Crippen LogP contribution in [0.15, 0.2) is 42.6 Å². The summed E-state index contributed by atoms with van der Waals surface area (Å²) < 4.78 is 12.0. The summed E-state index contributed by atoms with van der Waals surface area (Å²) in [5, 5.41) is 7.64. The molecule has 144 valence electrons. The predicted octanol–water partition coefficient (Wildman–Crippen LogP) is 3.02.